The number of methoxy groups -OCH3 is 1. The highest BCUT2D eigenvalue weighted by atomic mass is 35.5. The van der Waals surface area contributed by atoms with Crippen LogP contribution in [0.15, 0.2) is 24.3 Å². The fourth-order valence-electron chi connectivity index (χ4n) is 1.86. The number of ether oxygens (including phenoxy) is 1. The van der Waals surface area contributed by atoms with Crippen LogP contribution in [0.4, 0.5) is 0 Å². The van der Waals surface area contributed by atoms with Gasteiger partial charge in [-0.25, -0.2) is 0 Å². The SMILES string of the molecule is COC(=O)C(C)(C)CC(=O)CCc1ccc(Cl)cc1. The number of halogens is 1. The van der Waals surface area contributed by atoms with Crippen molar-refractivity contribution in [1.29, 1.82) is 0 Å². The summed E-state index contributed by atoms with van der Waals surface area (Å²) in [6.07, 6.45) is 1.28. The highest BCUT2D eigenvalue weighted by molar-refractivity contribution is 6.30. The van der Waals surface area contributed by atoms with E-state index in [0.29, 0.717) is 17.9 Å². The van der Waals surface area contributed by atoms with Crippen LogP contribution in [0.2, 0.25) is 5.02 Å². The van der Waals surface area contributed by atoms with E-state index in [1.807, 2.05) is 12.1 Å². The lowest BCUT2D eigenvalue weighted by atomic mass is 9.86. The first-order valence-electron chi connectivity index (χ1n) is 6.20. The number of carbonyl (C=O) groups is 2. The highest BCUT2D eigenvalue weighted by Gasteiger charge is 2.31. The predicted octanol–water partition coefficient (Wildman–Crippen LogP) is 3.43. The van der Waals surface area contributed by atoms with Crippen LogP contribution in [-0.2, 0) is 20.7 Å². The molecule has 0 bridgehead atoms. The number of hydrogen-bond donors (Lipinski definition) is 0. The van der Waals surface area contributed by atoms with Crippen LogP contribution in [0, 0.1) is 5.41 Å². The molecule has 0 atom stereocenters. The van der Waals surface area contributed by atoms with E-state index in [0.717, 1.165) is 5.56 Å². The largest absolute Gasteiger partial charge is 0.469 e. The van der Waals surface area contributed by atoms with Gasteiger partial charge in [0.05, 0.1) is 12.5 Å². The van der Waals surface area contributed by atoms with Crippen molar-refractivity contribution in [3.63, 3.8) is 0 Å². The normalized spacial score (nSPS) is 11.2. The number of hydrogen-bond acceptors (Lipinski definition) is 3. The number of esters is 1. The van der Waals surface area contributed by atoms with Crippen molar-refractivity contribution in [1.82, 2.24) is 0 Å². The Kier molecular flexibility index (Phi) is 5.55. The fourth-order valence-corrected chi connectivity index (χ4v) is 1.99. The van der Waals surface area contributed by atoms with E-state index in [1.54, 1.807) is 26.0 Å². The second-order valence-corrected chi connectivity index (χ2v) is 5.65. The van der Waals surface area contributed by atoms with Crippen molar-refractivity contribution in [3.05, 3.63) is 34.9 Å². The van der Waals surface area contributed by atoms with Crippen molar-refractivity contribution >= 4 is 23.4 Å². The zero-order chi connectivity index (χ0) is 14.5. The summed E-state index contributed by atoms with van der Waals surface area (Å²) in [5.74, 6) is -0.294. The Bertz CT molecular complexity index is 449. The highest BCUT2D eigenvalue weighted by Crippen LogP contribution is 2.23. The maximum absolute atomic E-state index is 11.9. The van der Waals surface area contributed by atoms with E-state index in [2.05, 4.69) is 4.74 Å². The molecule has 104 valence electrons. The van der Waals surface area contributed by atoms with E-state index in [9.17, 15) is 9.59 Å². The maximum Gasteiger partial charge on any atom is 0.311 e. The number of ketones is 1. The third-order valence-corrected chi connectivity index (χ3v) is 3.23. The maximum atomic E-state index is 11.9. The van der Waals surface area contributed by atoms with Crippen LogP contribution < -0.4 is 0 Å². The van der Waals surface area contributed by atoms with Gasteiger partial charge >= 0.3 is 5.97 Å². The molecule has 1 aromatic rings. The average molecular weight is 283 g/mol. The molecule has 0 spiro atoms. The van der Waals surface area contributed by atoms with Gasteiger partial charge in [-0.05, 0) is 38.0 Å². The van der Waals surface area contributed by atoms with Crippen LogP contribution in [-0.4, -0.2) is 18.9 Å². The molecule has 0 unspecified atom stereocenters. The molecule has 0 radical (unpaired) electrons. The zero-order valence-corrected chi connectivity index (χ0v) is 12.3. The molecular formula is C15H19ClO3. The minimum absolute atomic E-state index is 0.0605. The number of benzene rings is 1. The summed E-state index contributed by atoms with van der Waals surface area (Å²) in [4.78, 5) is 23.4. The van der Waals surface area contributed by atoms with Gasteiger partial charge in [-0.2, -0.15) is 0 Å². The molecule has 3 nitrogen and oxygen atoms in total. The lowest BCUT2D eigenvalue weighted by molar-refractivity contribution is -0.152. The van der Waals surface area contributed by atoms with Gasteiger partial charge in [0.25, 0.3) is 0 Å². The third-order valence-electron chi connectivity index (χ3n) is 2.98. The molecule has 0 saturated heterocycles. The van der Waals surface area contributed by atoms with E-state index in [4.69, 9.17) is 11.6 Å². The molecule has 0 saturated carbocycles. The van der Waals surface area contributed by atoms with Crippen molar-refractivity contribution in [2.45, 2.75) is 33.1 Å². The van der Waals surface area contributed by atoms with Crippen LogP contribution >= 0.6 is 11.6 Å². The summed E-state index contributed by atoms with van der Waals surface area (Å²) in [6, 6.07) is 7.42. The van der Waals surface area contributed by atoms with Crippen LogP contribution in [0.25, 0.3) is 0 Å². The minimum Gasteiger partial charge on any atom is -0.469 e. The first-order chi connectivity index (χ1) is 8.85. The molecule has 0 heterocycles. The molecule has 0 amide bonds. The van der Waals surface area contributed by atoms with Gasteiger partial charge in [0.2, 0.25) is 0 Å². The third kappa shape index (κ3) is 5.03. The molecule has 0 aliphatic heterocycles. The molecule has 19 heavy (non-hydrogen) atoms. The first kappa shape index (κ1) is 15.7. The number of Topliss-reactive ketones (excluding diaryl/α,β-unsaturated/α-hetero) is 1. The monoisotopic (exact) mass is 282 g/mol. The number of rotatable bonds is 6. The first-order valence-corrected chi connectivity index (χ1v) is 6.57. The summed E-state index contributed by atoms with van der Waals surface area (Å²) in [5.41, 5.74) is 0.305. The van der Waals surface area contributed by atoms with Gasteiger partial charge in [-0.15, -0.1) is 0 Å². The van der Waals surface area contributed by atoms with Gasteiger partial charge in [0.1, 0.15) is 5.78 Å². The average Bonchev–Trinajstić information content (AvgIpc) is 2.36. The Morgan fingerprint density at radius 2 is 1.79 bits per heavy atom. The zero-order valence-electron chi connectivity index (χ0n) is 11.5. The molecule has 0 N–H and O–H groups in total. The topological polar surface area (TPSA) is 43.4 Å². The quantitative estimate of drug-likeness (QED) is 0.751. The molecular weight excluding hydrogens is 264 g/mol. The molecule has 1 aromatic carbocycles. The Morgan fingerprint density at radius 3 is 2.32 bits per heavy atom. The molecule has 1 rings (SSSR count). The number of carbonyl (C=O) groups excluding carboxylic acids is 2. The van der Waals surface area contributed by atoms with E-state index >= 15 is 0 Å². The predicted molar refractivity (Wildman–Crippen MR) is 75.2 cm³/mol. The molecule has 0 aromatic heterocycles. The lowest BCUT2D eigenvalue weighted by Gasteiger charge is -2.20. The summed E-state index contributed by atoms with van der Waals surface area (Å²) < 4.78 is 4.69. The summed E-state index contributed by atoms with van der Waals surface area (Å²) in [6.45, 7) is 3.44. The molecule has 0 aliphatic carbocycles. The van der Waals surface area contributed by atoms with E-state index < -0.39 is 5.41 Å². The molecule has 0 fully saturated rings. The van der Waals surface area contributed by atoms with Gasteiger partial charge in [-0.1, -0.05) is 23.7 Å². The van der Waals surface area contributed by atoms with Gasteiger partial charge in [-0.3, -0.25) is 9.59 Å². The van der Waals surface area contributed by atoms with E-state index in [1.165, 1.54) is 7.11 Å². The van der Waals surface area contributed by atoms with Crippen LogP contribution in [0.3, 0.4) is 0 Å². The van der Waals surface area contributed by atoms with Crippen LogP contribution in [0.1, 0.15) is 32.3 Å². The smallest absolute Gasteiger partial charge is 0.311 e. The van der Waals surface area contributed by atoms with Crippen molar-refractivity contribution in [3.8, 4) is 0 Å². The minimum atomic E-state index is -0.758. The van der Waals surface area contributed by atoms with Crippen molar-refractivity contribution < 1.29 is 14.3 Å². The standard InChI is InChI=1S/C15H19ClO3/c1-15(2,14(18)19-3)10-13(17)9-6-11-4-7-12(16)8-5-11/h4-5,7-8H,6,9-10H2,1-3H3. The summed E-state index contributed by atoms with van der Waals surface area (Å²) >= 11 is 5.79. The Hall–Kier alpha value is -1.35. The van der Waals surface area contributed by atoms with E-state index in [-0.39, 0.29) is 18.2 Å². The Morgan fingerprint density at radius 1 is 1.21 bits per heavy atom. The second-order valence-electron chi connectivity index (χ2n) is 5.22. The van der Waals surface area contributed by atoms with Gasteiger partial charge in [0, 0.05) is 17.9 Å². The van der Waals surface area contributed by atoms with Crippen molar-refractivity contribution in [2.75, 3.05) is 7.11 Å². The Balaban J connectivity index is 2.48. The van der Waals surface area contributed by atoms with Gasteiger partial charge < -0.3 is 4.74 Å². The van der Waals surface area contributed by atoms with Crippen molar-refractivity contribution in [2.24, 2.45) is 5.41 Å². The van der Waals surface area contributed by atoms with Crippen LogP contribution in [0.5, 0.6) is 0 Å². The Labute approximate surface area is 118 Å². The fraction of sp³-hybridized carbons (Fsp3) is 0.467. The molecule has 0 aliphatic rings. The molecule has 4 heteroatoms. The summed E-state index contributed by atoms with van der Waals surface area (Å²) in [7, 11) is 1.34. The lowest BCUT2D eigenvalue weighted by Crippen LogP contribution is -2.28. The number of aryl methyl sites for hydroxylation is 1. The second kappa shape index (κ2) is 6.71. The summed E-state index contributed by atoms with van der Waals surface area (Å²) in [5, 5.41) is 0.682. The van der Waals surface area contributed by atoms with Gasteiger partial charge in [0.15, 0.2) is 0 Å².